The molecule has 1 aromatic carbocycles. The van der Waals surface area contributed by atoms with E-state index in [0.717, 1.165) is 10.5 Å². The minimum Gasteiger partial charge on any atom is -0.370 e. The number of nitrogens with one attached hydrogen (secondary N) is 1. The van der Waals surface area contributed by atoms with Gasteiger partial charge in [-0.2, -0.15) is 0 Å². The van der Waals surface area contributed by atoms with Gasteiger partial charge in [-0.05, 0) is 18.6 Å². The normalized spacial score (nSPS) is 9.88. The number of hydrogen-bond acceptors (Lipinski definition) is 2. The molecule has 0 fully saturated rings. The third-order valence-corrected chi connectivity index (χ3v) is 2.76. The first-order valence-corrected chi connectivity index (χ1v) is 5.34. The predicted octanol–water partition coefficient (Wildman–Crippen LogP) is 2.03. The van der Waals surface area contributed by atoms with Crippen molar-refractivity contribution in [3.05, 3.63) is 28.8 Å². The maximum atomic E-state index is 12.0. The van der Waals surface area contributed by atoms with E-state index in [2.05, 4.69) is 0 Å². The Kier molecular flexibility index (Phi) is 3.96. The van der Waals surface area contributed by atoms with Crippen molar-refractivity contribution in [2.45, 2.75) is 6.92 Å². The van der Waals surface area contributed by atoms with E-state index >= 15 is 0 Å². The Bertz CT molecular complexity index is 441. The molecule has 0 saturated carbocycles. The molecule has 1 aromatic rings. The van der Waals surface area contributed by atoms with Gasteiger partial charge in [0.05, 0.1) is 10.7 Å². The molecule has 0 atom stereocenters. The highest BCUT2D eigenvalue weighted by atomic mass is 35.5. The molecular formula is C11H15ClN4O. The fourth-order valence-corrected chi connectivity index (χ4v) is 1.82. The number of hydrogen-bond donors (Lipinski definition) is 2. The Morgan fingerprint density at radius 3 is 2.47 bits per heavy atom. The van der Waals surface area contributed by atoms with Gasteiger partial charge in [0.25, 0.3) is 0 Å². The fourth-order valence-electron chi connectivity index (χ4n) is 1.47. The van der Waals surface area contributed by atoms with Gasteiger partial charge in [-0.15, -0.1) is 0 Å². The minimum absolute atomic E-state index is 0.313. The number of nitrogens with two attached hydrogens (primary N) is 1. The molecule has 0 aliphatic rings. The second-order valence-corrected chi connectivity index (χ2v) is 4.10. The maximum absolute atomic E-state index is 12.0. The second-order valence-electron chi connectivity index (χ2n) is 3.69. The summed E-state index contributed by atoms with van der Waals surface area (Å²) < 4.78 is 0. The van der Waals surface area contributed by atoms with Crippen LogP contribution in [0.3, 0.4) is 0 Å². The van der Waals surface area contributed by atoms with Crippen molar-refractivity contribution in [2.75, 3.05) is 19.0 Å². The number of nitrogens with zero attached hydrogens (tertiary/aromatic N) is 2. The van der Waals surface area contributed by atoms with Crippen molar-refractivity contribution in [3.8, 4) is 0 Å². The summed E-state index contributed by atoms with van der Waals surface area (Å²) in [6, 6.07) is 4.97. The van der Waals surface area contributed by atoms with Crippen molar-refractivity contribution >= 4 is 29.3 Å². The first kappa shape index (κ1) is 13.3. The second kappa shape index (κ2) is 5.05. The number of benzene rings is 1. The van der Waals surface area contributed by atoms with Crippen LogP contribution in [-0.2, 0) is 0 Å². The average molecular weight is 255 g/mol. The molecule has 0 aliphatic carbocycles. The molecule has 6 heteroatoms. The van der Waals surface area contributed by atoms with E-state index in [-0.39, 0.29) is 5.96 Å². The van der Waals surface area contributed by atoms with E-state index in [1.165, 1.54) is 11.9 Å². The summed E-state index contributed by atoms with van der Waals surface area (Å²) in [5.74, 6) is -0.313. The number of para-hydroxylation sites is 1. The number of halogens is 1. The standard InChI is InChI=1S/C11H15ClN4O/c1-7-5-4-6-8(12)9(7)15(2)11(17)16(3)10(13)14/h4-6H,1-3H3,(H3,13,14). The Balaban J connectivity index is 3.09. The number of anilines is 1. The van der Waals surface area contributed by atoms with Gasteiger partial charge in [-0.25, -0.2) is 4.79 Å². The van der Waals surface area contributed by atoms with Crippen molar-refractivity contribution in [3.63, 3.8) is 0 Å². The highest BCUT2D eigenvalue weighted by Gasteiger charge is 2.20. The van der Waals surface area contributed by atoms with E-state index in [4.69, 9.17) is 22.7 Å². The third kappa shape index (κ3) is 2.68. The van der Waals surface area contributed by atoms with Crippen LogP contribution >= 0.6 is 11.6 Å². The number of aryl methyl sites for hydroxylation is 1. The summed E-state index contributed by atoms with van der Waals surface area (Å²) in [6.45, 7) is 1.86. The summed E-state index contributed by atoms with van der Waals surface area (Å²) in [7, 11) is 3.03. The molecular weight excluding hydrogens is 240 g/mol. The molecule has 0 heterocycles. The molecule has 0 saturated heterocycles. The Labute approximate surface area is 105 Å². The van der Waals surface area contributed by atoms with Crippen LogP contribution in [0, 0.1) is 12.3 Å². The van der Waals surface area contributed by atoms with Gasteiger partial charge in [-0.3, -0.25) is 15.2 Å². The molecule has 3 N–H and O–H groups in total. The number of guanidine groups is 1. The van der Waals surface area contributed by atoms with Crippen molar-refractivity contribution in [1.29, 1.82) is 5.41 Å². The third-order valence-electron chi connectivity index (χ3n) is 2.46. The Morgan fingerprint density at radius 2 is 2.00 bits per heavy atom. The van der Waals surface area contributed by atoms with E-state index in [0.29, 0.717) is 10.7 Å². The van der Waals surface area contributed by atoms with E-state index in [1.807, 2.05) is 19.1 Å². The zero-order valence-corrected chi connectivity index (χ0v) is 10.7. The number of urea groups is 1. The van der Waals surface area contributed by atoms with Crippen LogP contribution in [0.4, 0.5) is 10.5 Å². The highest BCUT2D eigenvalue weighted by molar-refractivity contribution is 6.34. The van der Waals surface area contributed by atoms with Crippen LogP contribution in [0.5, 0.6) is 0 Å². The van der Waals surface area contributed by atoms with Gasteiger partial charge >= 0.3 is 6.03 Å². The van der Waals surface area contributed by atoms with Crippen LogP contribution in [0.15, 0.2) is 18.2 Å². The van der Waals surface area contributed by atoms with Crippen molar-refractivity contribution in [1.82, 2.24) is 4.90 Å². The summed E-state index contributed by atoms with van der Waals surface area (Å²) in [5.41, 5.74) is 6.76. The van der Waals surface area contributed by atoms with Crippen LogP contribution in [0.25, 0.3) is 0 Å². The first-order chi connectivity index (χ1) is 7.86. The SMILES string of the molecule is Cc1cccc(Cl)c1N(C)C(=O)N(C)C(=N)N. The summed E-state index contributed by atoms with van der Waals surface area (Å²) in [4.78, 5) is 14.4. The van der Waals surface area contributed by atoms with Crippen LogP contribution in [-0.4, -0.2) is 31.0 Å². The Hall–Kier alpha value is -1.75. The lowest BCUT2D eigenvalue weighted by Gasteiger charge is -2.25. The van der Waals surface area contributed by atoms with Gasteiger partial charge in [0.1, 0.15) is 0 Å². The van der Waals surface area contributed by atoms with Crippen LogP contribution in [0.2, 0.25) is 5.02 Å². The molecule has 92 valence electrons. The minimum atomic E-state index is -0.409. The van der Waals surface area contributed by atoms with Gasteiger partial charge in [0.2, 0.25) is 0 Å². The molecule has 0 unspecified atom stereocenters. The number of rotatable bonds is 1. The highest BCUT2D eigenvalue weighted by Crippen LogP contribution is 2.28. The molecule has 2 amide bonds. The summed E-state index contributed by atoms with van der Waals surface area (Å²) in [6.07, 6.45) is 0. The van der Waals surface area contributed by atoms with Crippen LogP contribution in [0.1, 0.15) is 5.56 Å². The Morgan fingerprint density at radius 1 is 1.41 bits per heavy atom. The fraction of sp³-hybridized carbons (Fsp3) is 0.273. The van der Waals surface area contributed by atoms with Crippen molar-refractivity contribution in [2.24, 2.45) is 5.73 Å². The number of carbonyl (C=O) groups excluding carboxylic acids is 1. The van der Waals surface area contributed by atoms with Gasteiger partial charge in [0.15, 0.2) is 5.96 Å². The maximum Gasteiger partial charge on any atom is 0.330 e. The smallest absolute Gasteiger partial charge is 0.330 e. The predicted molar refractivity (Wildman–Crippen MR) is 69.7 cm³/mol. The molecule has 0 bridgehead atoms. The molecule has 0 aliphatic heterocycles. The molecule has 0 aromatic heterocycles. The average Bonchev–Trinajstić information content (AvgIpc) is 2.26. The van der Waals surface area contributed by atoms with E-state index < -0.39 is 6.03 Å². The molecule has 17 heavy (non-hydrogen) atoms. The molecule has 5 nitrogen and oxygen atoms in total. The lowest BCUT2D eigenvalue weighted by atomic mass is 10.2. The van der Waals surface area contributed by atoms with Gasteiger partial charge < -0.3 is 5.73 Å². The van der Waals surface area contributed by atoms with Crippen LogP contribution < -0.4 is 10.6 Å². The molecule has 1 rings (SSSR count). The zero-order valence-electron chi connectivity index (χ0n) is 9.99. The molecule has 0 radical (unpaired) electrons. The summed E-state index contributed by atoms with van der Waals surface area (Å²) >= 11 is 6.06. The topological polar surface area (TPSA) is 73.4 Å². The molecule has 0 spiro atoms. The lowest BCUT2D eigenvalue weighted by Crippen LogP contribution is -2.45. The van der Waals surface area contributed by atoms with E-state index in [9.17, 15) is 4.79 Å². The first-order valence-electron chi connectivity index (χ1n) is 4.96. The van der Waals surface area contributed by atoms with E-state index in [1.54, 1.807) is 13.1 Å². The zero-order chi connectivity index (χ0) is 13.2. The van der Waals surface area contributed by atoms with Crippen molar-refractivity contribution < 1.29 is 4.79 Å². The van der Waals surface area contributed by atoms with Gasteiger partial charge in [0, 0.05) is 14.1 Å². The lowest BCUT2D eigenvalue weighted by molar-refractivity contribution is 0.233. The largest absolute Gasteiger partial charge is 0.370 e. The van der Waals surface area contributed by atoms with Gasteiger partial charge in [-0.1, -0.05) is 23.7 Å². The number of carbonyl (C=O) groups is 1. The monoisotopic (exact) mass is 254 g/mol. The number of amides is 2. The quantitative estimate of drug-likeness (QED) is 0.594. The summed E-state index contributed by atoms with van der Waals surface area (Å²) in [5, 5.41) is 7.70.